The fourth-order valence-electron chi connectivity index (χ4n) is 2.59. The van der Waals surface area contributed by atoms with Gasteiger partial charge in [0.25, 0.3) is 5.69 Å². The molecule has 0 spiro atoms. The lowest BCUT2D eigenvalue weighted by molar-refractivity contribution is -0.385. The Hall–Kier alpha value is -3.47. The highest BCUT2D eigenvalue weighted by atomic mass is 16.6. The maximum absolute atomic E-state index is 12.2. The van der Waals surface area contributed by atoms with Crippen LogP contribution in [0.4, 0.5) is 11.4 Å². The fraction of sp³-hybridized carbons (Fsp3) is 0.0500. The molecule has 0 unspecified atom stereocenters. The number of carbonyl (C=O) groups excluding carboxylic acids is 1. The number of benzene rings is 3. The van der Waals surface area contributed by atoms with Gasteiger partial charge in [-0.2, -0.15) is 0 Å². The number of nitro benzene ring substituents is 1. The SMILES string of the molecule is O=C(Cc1ccccc1[N+](=O)[O-])Nc1ccc(-c2ccccc2)cc1. The van der Waals surface area contributed by atoms with Crippen LogP contribution in [0.25, 0.3) is 11.1 Å². The number of carbonyl (C=O) groups is 1. The zero-order valence-corrected chi connectivity index (χ0v) is 13.4. The van der Waals surface area contributed by atoms with Crippen LogP contribution in [0.1, 0.15) is 5.56 Å². The molecule has 0 fully saturated rings. The van der Waals surface area contributed by atoms with Crippen LogP contribution in [0.15, 0.2) is 78.9 Å². The number of para-hydroxylation sites is 1. The van der Waals surface area contributed by atoms with Gasteiger partial charge in [0.05, 0.1) is 11.3 Å². The first kappa shape index (κ1) is 16.4. The molecule has 0 saturated carbocycles. The average molecular weight is 332 g/mol. The summed E-state index contributed by atoms with van der Waals surface area (Å²) >= 11 is 0. The fourth-order valence-corrected chi connectivity index (χ4v) is 2.59. The van der Waals surface area contributed by atoms with Gasteiger partial charge < -0.3 is 5.32 Å². The summed E-state index contributed by atoms with van der Waals surface area (Å²) in [4.78, 5) is 22.7. The van der Waals surface area contributed by atoms with Crippen LogP contribution >= 0.6 is 0 Å². The molecule has 0 atom stereocenters. The minimum atomic E-state index is -0.475. The largest absolute Gasteiger partial charge is 0.326 e. The molecule has 3 rings (SSSR count). The van der Waals surface area contributed by atoms with Crippen LogP contribution in [-0.4, -0.2) is 10.8 Å². The number of nitro groups is 1. The molecule has 0 aromatic heterocycles. The van der Waals surface area contributed by atoms with Crippen LogP contribution in [0, 0.1) is 10.1 Å². The molecule has 1 N–H and O–H groups in total. The molecule has 0 aliphatic carbocycles. The van der Waals surface area contributed by atoms with Gasteiger partial charge in [-0.15, -0.1) is 0 Å². The van der Waals surface area contributed by atoms with Gasteiger partial charge in [-0.05, 0) is 23.3 Å². The van der Waals surface area contributed by atoms with E-state index in [2.05, 4.69) is 5.32 Å². The predicted molar refractivity (Wildman–Crippen MR) is 97.3 cm³/mol. The van der Waals surface area contributed by atoms with Gasteiger partial charge in [0, 0.05) is 17.3 Å². The summed E-state index contributed by atoms with van der Waals surface area (Å²) in [5, 5.41) is 13.8. The van der Waals surface area contributed by atoms with E-state index in [1.807, 2.05) is 54.6 Å². The van der Waals surface area contributed by atoms with Gasteiger partial charge in [0.1, 0.15) is 0 Å². The lowest BCUT2D eigenvalue weighted by Crippen LogP contribution is -2.15. The first-order valence-electron chi connectivity index (χ1n) is 7.81. The standard InChI is InChI=1S/C20H16N2O3/c23-20(14-17-8-4-5-9-19(17)22(24)25)21-18-12-10-16(11-13-18)15-6-2-1-3-7-15/h1-13H,14H2,(H,21,23). The van der Waals surface area contributed by atoms with Crippen molar-refractivity contribution in [3.8, 4) is 11.1 Å². The molecular weight excluding hydrogens is 316 g/mol. The first-order chi connectivity index (χ1) is 12.1. The number of amides is 1. The van der Waals surface area contributed by atoms with Crippen LogP contribution in [0.2, 0.25) is 0 Å². The van der Waals surface area contributed by atoms with E-state index in [-0.39, 0.29) is 18.0 Å². The number of rotatable bonds is 5. The van der Waals surface area contributed by atoms with Crippen molar-refractivity contribution in [2.24, 2.45) is 0 Å². The van der Waals surface area contributed by atoms with Crippen molar-refractivity contribution < 1.29 is 9.72 Å². The maximum Gasteiger partial charge on any atom is 0.273 e. The molecule has 0 bridgehead atoms. The second-order valence-corrected chi connectivity index (χ2v) is 5.55. The van der Waals surface area contributed by atoms with Gasteiger partial charge in [-0.3, -0.25) is 14.9 Å². The number of hydrogen-bond acceptors (Lipinski definition) is 3. The van der Waals surface area contributed by atoms with Crippen molar-refractivity contribution in [1.82, 2.24) is 0 Å². The van der Waals surface area contributed by atoms with Gasteiger partial charge >= 0.3 is 0 Å². The third-order valence-electron chi connectivity index (χ3n) is 3.82. The van der Waals surface area contributed by atoms with E-state index in [1.54, 1.807) is 18.2 Å². The van der Waals surface area contributed by atoms with Crippen molar-refractivity contribution in [2.75, 3.05) is 5.32 Å². The summed E-state index contributed by atoms with van der Waals surface area (Å²) in [5.41, 5.74) is 3.16. The Bertz CT molecular complexity index is 890. The summed E-state index contributed by atoms with van der Waals surface area (Å²) in [6.07, 6.45) is -0.0441. The van der Waals surface area contributed by atoms with Crippen molar-refractivity contribution in [3.05, 3.63) is 94.5 Å². The molecular formula is C20H16N2O3. The Kier molecular flexibility index (Phi) is 4.85. The topological polar surface area (TPSA) is 72.2 Å². The lowest BCUT2D eigenvalue weighted by Gasteiger charge is -2.07. The molecule has 3 aromatic carbocycles. The van der Waals surface area contributed by atoms with Gasteiger partial charge in [-0.1, -0.05) is 60.7 Å². The van der Waals surface area contributed by atoms with Crippen molar-refractivity contribution in [2.45, 2.75) is 6.42 Å². The van der Waals surface area contributed by atoms with E-state index in [0.29, 0.717) is 11.3 Å². The molecule has 0 aliphatic rings. The summed E-state index contributed by atoms with van der Waals surface area (Å²) in [6.45, 7) is 0. The minimum absolute atomic E-state index is 0.0441. The molecule has 3 aromatic rings. The highest BCUT2D eigenvalue weighted by Crippen LogP contribution is 2.22. The van der Waals surface area contributed by atoms with E-state index in [1.165, 1.54) is 6.07 Å². The number of hydrogen-bond donors (Lipinski definition) is 1. The first-order valence-corrected chi connectivity index (χ1v) is 7.81. The van der Waals surface area contributed by atoms with Crippen LogP contribution < -0.4 is 5.32 Å². The summed E-state index contributed by atoms with van der Waals surface area (Å²) in [7, 11) is 0. The van der Waals surface area contributed by atoms with E-state index < -0.39 is 4.92 Å². The summed E-state index contributed by atoms with van der Waals surface area (Å²) in [6, 6.07) is 23.7. The average Bonchev–Trinajstić information content (AvgIpc) is 2.63. The van der Waals surface area contributed by atoms with Gasteiger partial charge in [-0.25, -0.2) is 0 Å². The van der Waals surface area contributed by atoms with Crippen LogP contribution in [-0.2, 0) is 11.2 Å². The molecule has 0 saturated heterocycles. The lowest BCUT2D eigenvalue weighted by atomic mass is 10.1. The van der Waals surface area contributed by atoms with E-state index in [9.17, 15) is 14.9 Å². The van der Waals surface area contributed by atoms with E-state index in [4.69, 9.17) is 0 Å². The van der Waals surface area contributed by atoms with Crippen molar-refractivity contribution in [1.29, 1.82) is 0 Å². The smallest absolute Gasteiger partial charge is 0.273 e. The molecule has 0 aliphatic heterocycles. The number of nitrogens with zero attached hydrogens (tertiary/aromatic N) is 1. The third-order valence-corrected chi connectivity index (χ3v) is 3.82. The minimum Gasteiger partial charge on any atom is -0.326 e. The Balaban J connectivity index is 1.69. The van der Waals surface area contributed by atoms with Crippen LogP contribution in [0.5, 0.6) is 0 Å². The predicted octanol–water partition coefficient (Wildman–Crippen LogP) is 4.44. The quantitative estimate of drug-likeness (QED) is 0.554. The number of anilines is 1. The summed E-state index contributed by atoms with van der Waals surface area (Å²) in [5.74, 6) is -0.290. The molecule has 5 heteroatoms. The van der Waals surface area contributed by atoms with E-state index >= 15 is 0 Å². The van der Waals surface area contributed by atoms with Crippen LogP contribution in [0.3, 0.4) is 0 Å². The third kappa shape index (κ3) is 4.09. The molecule has 0 heterocycles. The molecule has 25 heavy (non-hydrogen) atoms. The second kappa shape index (κ2) is 7.40. The van der Waals surface area contributed by atoms with Crippen molar-refractivity contribution in [3.63, 3.8) is 0 Å². The molecule has 5 nitrogen and oxygen atoms in total. The molecule has 1 amide bonds. The summed E-state index contributed by atoms with van der Waals surface area (Å²) < 4.78 is 0. The van der Waals surface area contributed by atoms with Gasteiger partial charge in [0.2, 0.25) is 5.91 Å². The Morgan fingerprint density at radius 1 is 0.840 bits per heavy atom. The maximum atomic E-state index is 12.2. The molecule has 124 valence electrons. The monoisotopic (exact) mass is 332 g/mol. The highest BCUT2D eigenvalue weighted by molar-refractivity contribution is 5.93. The normalized spacial score (nSPS) is 10.2. The zero-order chi connectivity index (χ0) is 17.6. The molecule has 0 radical (unpaired) electrons. The Morgan fingerprint density at radius 2 is 1.44 bits per heavy atom. The zero-order valence-electron chi connectivity index (χ0n) is 13.4. The Morgan fingerprint density at radius 3 is 2.12 bits per heavy atom. The second-order valence-electron chi connectivity index (χ2n) is 5.55. The Labute approximate surface area is 145 Å². The van der Waals surface area contributed by atoms with Gasteiger partial charge in [0.15, 0.2) is 0 Å². The number of nitrogens with one attached hydrogen (secondary N) is 1. The van der Waals surface area contributed by atoms with E-state index in [0.717, 1.165) is 11.1 Å². The van der Waals surface area contributed by atoms with Crippen molar-refractivity contribution >= 4 is 17.3 Å². The highest BCUT2D eigenvalue weighted by Gasteiger charge is 2.15.